The molecule has 0 saturated carbocycles. The zero-order chi connectivity index (χ0) is 36.3. The first-order valence-electron chi connectivity index (χ1n) is 18.6. The van der Waals surface area contributed by atoms with Gasteiger partial charge >= 0.3 is 0 Å². The summed E-state index contributed by atoms with van der Waals surface area (Å²) in [4.78, 5) is 15.9. The molecular formula is C51H32N4. The minimum absolute atomic E-state index is 0.689. The number of para-hydroxylation sites is 3. The van der Waals surface area contributed by atoms with E-state index in [9.17, 15) is 0 Å². The van der Waals surface area contributed by atoms with Crippen LogP contribution in [0, 0.1) is 0 Å². The van der Waals surface area contributed by atoms with Crippen LogP contribution in [0.2, 0.25) is 0 Å². The Morgan fingerprint density at radius 2 is 0.873 bits per heavy atom. The van der Waals surface area contributed by atoms with Gasteiger partial charge in [-0.1, -0.05) is 164 Å². The van der Waals surface area contributed by atoms with E-state index in [1.165, 1.54) is 5.39 Å². The lowest BCUT2D eigenvalue weighted by atomic mass is 9.89. The van der Waals surface area contributed by atoms with Crippen LogP contribution in [0.3, 0.4) is 0 Å². The Balaban J connectivity index is 1.26. The van der Waals surface area contributed by atoms with E-state index in [0.29, 0.717) is 5.82 Å². The highest BCUT2D eigenvalue weighted by atomic mass is 14.9. The average Bonchev–Trinajstić information content (AvgIpc) is 3.61. The zero-order valence-electron chi connectivity index (χ0n) is 29.8. The monoisotopic (exact) mass is 700 g/mol. The average molecular weight is 701 g/mol. The van der Waals surface area contributed by atoms with Gasteiger partial charge in [-0.2, -0.15) is 0 Å². The van der Waals surface area contributed by atoms with Crippen LogP contribution < -0.4 is 0 Å². The smallest absolute Gasteiger partial charge is 0.160 e. The van der Waals surface area contributed by atoms with Gasteiger partial charge in [-0.25, -0.2) is 9.97 Å². The second-order valence-corrected chi connectivity index (χ2v) is 14.0. The maximum Gasteiger partial charge on any atom is 0.160 e. The van der Waals surface area contributed by atoms with Gasteiger partial charge < -0.3 is 4.40 Å². The lowest BCUT2D eigenvalue weighted by molar-refractivity contribution is 1.19. The molecule has 0 radical (unpaired) electrons. The van der Waals surface area contributed by atoms with Crippen LogP contribution in [-0.4, -0.2) is 19.4 Å². The van der Waals surface area contributed by atoms with Crippen molar-refractivity contribution < 1.29 is 0 Å². The van der Waals surface area contributed by atoms with Gasteiger partial charge in [0.05, 0.1) is 39.7 Å². The fourth-order valence-corrected chi connectivity index (χ4v) is 8.37. The Hall–Kier alpha value is -7.43. The third-order valence-corrected chi connectivity index (χ3v) is 10.8. The predicted octanol–water partition coefficient (Wildman–Crippen LogP) is 13.1. The molecule has 11 aromatic rings. The number of hydrogen-bond donors (Lipinski definition) is 0. The summed E-state index contributed by atoms with van der Waals surface area (Å²) in [6.07, 6.45) is 2.02. The Kier molecular flexibility index (Phi) is 7.14. The normalized spacial score (nSPS) is 11.6. The molecule has 55 heavy (non-hydrogen) atoms. The van der Waals surface area contributed by atoms with Crippen LogP contribution in [0.1, 0.15) is 0 Å². The molecule has 0 aliphatic heterocycles. The van der Waals surface area contributed by atoms with E-state index >= 15 is 0 Å². The fraction of sp³-hybridized carbons (Fsp3) is 0. The molecular weight excluding hydrogens is 669 g/mol. The highest BCUT2D eigenvalue weighted by Crippen LogP contribution is 2.45. The SMILES string of the molecule is c1ccc(-c2nc(-c3cccc4ccccc34)c(-c3cccc(-c4c5ccccc5n5c4cnc4ccccc45)c3)c(-c3cccc4ccccc34)n2)cc1. The number of nitrogens with zero attached hydrogens (tertiary/aromatic N) is 4. The molecule has 0 amide bonds. The molecule has 0 saturated heterocycles. The molecule has 0 spiro atoms. The number of benzene rings is 8. The van der Waals surface area contributed by atoms with E-state index in [-0.39, 0.29) is 0 Å². The van der Waals surface area contributed by atoms with Gasteiger partial charge in [0.25, 0.3) is 0 Å². The standard InChI is InChI=1S/C51H32N4/c1-2-17-35(18-3-1)51-53-49(40-26-13-19-33-15-4-6-23-38(33)40)48(50(54-51)41-27-14-20-34-16-5-7-24-39(34)41)37-22-12-21-36(31-37)47-42-25-8-10-29-44(42)55-45-30-11-9-28-43(45)52-32-46(47)55/h1-32H. The van der Waals surface area contributed by atoms with Crippen LogP contribution in [0.15, 0.2) is 194 Å². The minimum Gasteiger partial charge on any atom is -0.306 e. The number of rotatable bonds is 5. The van der Waals surface area contributed by atoms with E-state index in [1.54, 1.807) is 0 Å². The lowest BCUT2D eigenvalue weighted by Crippen LogP contribution is -2.01. The number of hydrogen-bond acceptors (Lipinski definition) is 3. The molecule has 0 aliphatic rings. The molecule has 3 heterocycles. The quantitative estimate of drug-likeness (QED) is 0.179. The number of aromatic nitrogens is 4. The van der Waals surface area contributed by atoms with E-state index in [0.717, 1.165) is 93.9 Å². The zero-order valence-corrected chi connectivity index (χ0v) is 29.8. The first kappa shape index (κ1) is 31.1. The Morgan fingerprint density at radius 3 is 1.56 bits per heavy atom. The Labute approximate surface area is 317 Å². The van der Waals surface area contributed by atoms with Gasteiger partial charge in [-0.05, 0) is 56.9 Å². The molecule has 0 aliphatic carbocycles. The summed E-state index contributed by atoms with van der Waals surface area (Å²) in [6, 6.07) is 66.4. The molecule has 256 valence electrons. The van der Waals surface area contributed by atoms with Crippen molar-refractivity contribution >= 4 is 49.0 Å². The van der Waals surface area contributed by atoms with Gasteiger partial charge in [0.2, 0.25) is 0 Å². The minimum atomic E-state index is 0.689. The first-order chi connectivity index (χ1) is 27.3. The van der Waals surface area contributed by atoms with Crippen molar-refractivity contribution in [3.63, 3.8) is 0 Å². The van der Waals surface area contributed by atoms with Crippen molar-refractivity contribution in [1.29, 1.82) is 0 Å². The van der Waals surface area contributed by atoms with Crippen LogP contribution in [-0.2, 0) is 0 Å². The molecule has 0 bridgehead atoms. The van der Waals surface area contributed by atoms with Crippen LogP contribution in [0.25, 0.3) is 105 Å². The molecule has 0 atom stereocenters. The van der Waals surface area contributed by atoms with Crippen molar-refractivity contribution in [2.24, 2.45) is 0 Å². The second-order valence-electron chi connectivity index (χ2n) is 14.0. The van der Waals surface area contributed by atoms with Crippen LogP contribution >= 0.6 is 0 Å². The lowest BCUT2D eigenvalue weighted by Gasteiger charge is -2.19. The highest BCUT2D eigenvalue weighted by Gasteiger charge is 2.24. The molecule has 3 aromatic heterocycles. The summed E-state index contributed by atoms with van der Waals surface area (Å²) >= 11 is 0. The van der Waals surface area contributed by atoms with Crippen molar-refractivity contribution in [2.75, 3.05) is 0 Å². The van der Waals surface area contributed by atoms with Crippen LogP contribution in [0.5, 0.6) is 0 Å². The van der Waals surface area contributed by atoms with Gasteiger partial charge in [0.15, 0.2) is 5.82 Å². The summed E-state index contributed by atoms with van der Waals surface area (Å²) in [5.74, 6) is 0.689. The van der Waals surface area contributed by atoms with Crippen molar-refractivity contribution in [3.8, 4) is 56.2 Å². The van der Waals surface area contributed by atoms with Gasteiger partial charge in [-0.15, -0.1) is 0 Å². The molecule has 0 unspecified atom stereocenters. The molecule has 11 rings (SSSR count). The van der Waals surface area contributed by atoms with Crippen molar-refractivity contribution in [3.05, 3.63) is 194 Å². The number of fused-ring (bicyclic) bond motifs is 7. The van der Waals surface area contributed by atoms with Crippen molar-refractivity contribution in [1.82, 2.24) is 19.4 Å². The van der Waals surface area contributed by atoms with Crippen molar-refractivity contribution in [2.45, 2.75) is 0 Å². The third kappa shape index (κ3) is 5.03. The summed E-state index contributed by atoms with van der Waals surface area (Å²) in [5, 5.41) is 5.80. The molecule has 8 aromatic carbocycles. The Morgan fingerprint density at radius 1 is 0.364 bits per heavy atom. The largest absolute Gasteiger partial charge is 0.306 e. The van der Waals surface area contributed by atoms with Gasteiger partial charge in [0.1, 0.15) is 0 Å². The molecule has 4 nitrogen and oxygen atoms in total. The topological polar surface area (TPSA) is 43.1 Å². The highest BCUT2D eigenvalue weighted by molar-refractivity contribution is 6.10. The fourth-order valence-electron chi connectivity index (χ4n) is 8.37. The third-order valence-electron chi connectivity index (χ3n) is 10.8. The Bertz CT molecular complexity index is 3160. The second kappa shape index (κ2) is 12.6. The molecule has 0 fully saturated rings. The first-order valence-corrected chi connectivity index (χ1v) is 18.6. The maximum atomic E-state index is 5.51. The van der Waals surface area contributed by atoms with E-state index < -0.39 is 0 Å². The summed E-state index contributed by atoms with van der Waals surface area (Å²) < 4.78 is 2.35. The van der Waals surface area contributed by atoms with Gasteiger partial charge in [-0.3, -0.25) is 4.98 Å². The van der Waals surface area contributed by atoms with E-state index in [4.69, 9.17) is 15.0 Å². The predicted molar refractivity (Wildman–Crippen MR) is 228 cm³/mol. The molecule has 0 N–H and O–H groups in total. The summed E-state index contributed by atoms with van der Waals surface area (Å²) in [5.41, 5.74) is 13.4. The maximum absolute atomic E-state index is 5.51. The summed E-state index contributed by atoms with van der Waals surface area (Å²) in [7, 11) is 0. The van der Waals surface area contributed by atoms with Crippen LogP contribution in [0.4, 0.5) is 0 Å². The van der Waals surface area contributed by atoms with Gasteiger partial charge in [0, 0.05) is 33.2 Å². The summed E-state index contributed by atoms with van der Waals surface area (Å²) in [6.45, 7) is 0. The van der Waals surface area contributed by atoms with E-state index in [2.05, 4.69) is 180 Å². The van der Waals surface area contributed by atoms with E-state index in [1.807, 2.05) is 18.3 Å². The molecule has 4 heteroatoms.